The second-order valence-corrected chi connectivity index (χ2v) is 18.2. The van der Waals surface area contributed by atoms with Crippen LogP contribution < -0.4 is 32.1 Å². The number of imide groups is 2. The van der Waals surface area contributed by atoms with Gasteiger partial charge in [0.05, 0.1) is 17.7 Å². The van der Waals surface area contributed by atoms with Crippen LogP contribution in [0.3, 0.4) is 0 Å². The summed E-state index contributed by atoms with van der Waals surface area (Å²) in [6.45, 7) is 12.1. The molecule has 3 fully saturated rings. The minimum Gasteiger partial charge on any atom is -0.384 e. The molecule has 6 N–H and O–H groups in total. The van der Waals surface area contributed by atoms with Crippen LogP contribution >= 0.6 is 0 Å². The zero-order valence-electron chi connectivity index (χ0n) is 39.1. The first-order valence-electron chi connectivity index (χ1n) is 23.7. The Morgan fingerprint density at radius 3 is 2.29 bits per heavy atom. The minimum absolute atomic E-state index is 0.0616. The van der Waals surface area contributed by atoms with Gasteiger partial charge in [0.15, 0.2) is 0 Å². The molecular formula is C51H61N9O8. The molecule has 0 radical (unpaired) electrons. The highest BCUT2D eigenvalue weighted by Gasteiger charge is 2.45. The molecule has 0 aliphatic carbocycles. The lowest BCUT2D eigenvalue weighted by Gasteiger charge is -2.35. The van der Waals surface area contributed by atoms with Crippen molar-refractivity contribution in [3.63, 3.8) is 0 Å². The normalized spacial score (nSPS) is 17.8. The summed E-state index contributed by atoms with van der Waals surface area (Å²) in [5.41, 5.74) is 8.28. The molecule has 1 atom stereocenters. The van der Waals surface area contributed by atoms with E-state index in [9.17, 15) is 33.6 Å². The third kappa shape index (κ3) is 11.0. The number of aryl methyl sites for hydroxylation is 2. The number of hydrogen-bond acceptors (Lipinski definition) is 12. The zero-order valence-corrected chi connectivity index (χ0v) is 39.1. The van der Waals surface area contributed by atoms with Gasteiger partial charge in [0, 0.05) is 99.7 Å². The number of aromatic nitrogens is 1. The van der Waals surface area contributed by atoms with E-state index in [1.165, 1.54) is 0 Å². The molecule has 4 aliphatic heterocycles. The molecule has 6 amide bonds. The Kier molecular flexibility index (Phi) is 15.1. The van der Waals surface area contributed by atoms with Crippen LogP contribution in [0.4, 0.5) is 11.4 Å². The van der Waals surface area contributed by atoms with E-state index in [1.807, 2.05) is 37.8 Å². The number of nitrogens with one attached hydrogen (secondary N) is 6. The lowest BCUT2D eigenvalue weighted by atomic mass is 9.95. The van der Waals surface area contributed by atoms with E-state index in [4.69, 9.17) is 4.74 Å². The smallest absolute Gasteiger partial charge is 0.264 e. The number of nitrogens with zero attached hydrogens (tertiary/aromatic N) is 3. The fraction of sp³-hybridized carbons (Fsp3) is 0.431. The first-order chi connectivity index (χ1) is 32.8. The van der Waals surface area contributed by atoms with Crippen LogP contribution in [0.5, 0.6) is 0 Å². The van der Waals surface area contributed by atoms with Gasteiger partial charge in [0.1, 0.15) is 6.04 Å². The summed E-state index contributed by atoms with van der Waals surface area (Å²) in [6.07, 6.45) is 3.45. The number of aromatic amines is 1. The standard InChI is InChI=1S/C51H61N9O8/c1-31-25-32(2)55-48(64)40(31)28-54-47(63)39-26-36(27-42(33(39)3)56-37-15-23-68-24-16-37)35-11-9-34(10-12-35)30-58-19-21-59(22-20-58)45(62)29-52-17-4-5-18-53-41-8-6-7-38-46(41)51(67)60(50(38)66)43-13-14-44(61)57-49(43)65/h6-12,25-27,37,43,52-53,56H,4-5,13-24,28-30H2,1-3H3,(H,54,63)(H,55,64)(H,57,61,65). The number of H-pyrrole nitrogens is 1. The highest BCUT2D eigenvalue weighted by Crippen LogP contribution is 2.33. The maximum Gasteiger partial charge on any atom is 0.264 e. The molecule has 4 aromatic rings. The summed E-state index contributed by atoms with van der Waals surface area (Å²) >= 11 is 0. The van der Waals surface area contributed by atoms with Crippen LogP contribution in [-0.2, 0) is 32.2 Å². The van der Waals surface area contributed by atoms with E-state index in [0.717, 1.165) is 89.4 Å². The van der Waals surface area contributed by atoms with Gasteiger partial charge in [-0.1, -0.05) is 30.3 Å². The van der Waals surface area contributed by atoms with E-state index in [0.29, 0.717) is 56.2 Å². The molecule has 1 aromatic heterocycles. The Morgan fingerprint density at radius 2 is 1.56 bits per heavy atom. The summed E-state index contributed by atoms with van der Waals surface area (Å²) in [6, 6.07) is 18.6. The van der Waals surface area contributed by atoms with E-state index in [2.05, 4.69) is 66.8 Å². The lowest BCUT2D eigenvalue weighted by molar-refractivity contribution is -0.136. The van der Waals surface area contributed by atoms with Gasteiger partial charge in [-0.15, -0.1) is 0 Å². The number of benzene rings is 3. The van der Waals surface area contributed by atoms with Crippen LogP contribution in [-0.4, -0.2) is 126 Å². The number of piperazine rings is 1. The van der Waals surface area contributed by atoms with Gasteiger partial charge in [0.2, 0.25) is 17.7 Å². The Balaban J connectivity index is 0.782. The highest BCUT2D eigenvalue weighted by atomic mass is 16.5. The van der Waals surface area contributed by atoms with Gasteiger partial charge in [-0.05, 0) is 118 Å². The van der Waals surface area contributed by atoms with E-state index in [1.54, 1.807) is 18.2 Å². The number of carbonyl (C=O) groups is 6. The number of unbranched alkanes of at least 4 members (excludes halogenated alkanes) is 1. The molecule has 358 valence electrons. The molecule has 17 nitrogen and oxygen atoms in total. The monoisotopic (exact) mass is 927 g/mol. The van der Waals surface area contributed by atoms with E-state index >= 15 is 0 Å². The predicted molar refractivity (Wildman–Crippen MR) is 257 cm³/mol. The molecule has 68 heavy (non-hydrogen) atoms. The fourth-order valence-corrected chi connectivity index (χ4v) is 9.48. The minimum atomic E-state index is -1.02. The van der Waals surface area contributed by atoms with Gasteiger partial charge in [0.25, 0.3) is 23.3 Å². The Bertz CT molecular complexity index is 2630. The molecule has 17 heteroatoms. The summed E-state index contributed by atoms with van der Waals surface area (Å²) in [5, 5.41) is 15.4. The molecule has 0 saturated carbocycles. The highest BCUT2D eigenvalue weighted by molar-refractivity contribution is 6.25. The van der Waals surface area contributed by atoms with Crippen LogP contribution in [0.15, 0.2) is 65.5 Å². The van der Waals surface area contributed by atoms with Crippen molar-refractivity contribution in [3.8, 4) is 11.1 Å². The summed E-state index contributed by atoms with van der Waals surface area (Å²) in [4.78, 5) is 98.2. The first kappa shape index (κ1) is 47.8. The third-order valence-electron chi connectivity index (χ3n) is 13.4. The second-order valence-electron chi connectivity index (χ2n) is 18.2. The number of fused-ring (bicyclic) bond motifs is 1. The van der Waals surface area contributed by atoms with Crippen LogP contribution in [0.2, 0.25) is 0 Å². The predicted octanol–water partition coefficient (Wildman–Crippen LogP) is 4.02. The van der Waals surface area contributed by atoms with Crippen LogP contribution in [0.25, 0.3) is 11.1 Å². The van der Waals surface area contributed by atoms with Crippen LogP contribution in [0, 0.1) is 20.8 Å². The SMILES string of the molecule is Cc1cc(C)c(CNC(=O)c2cc(-c3ccc(CN4CCN(C(=O)CNCCCCNc5cccc6c5C(=O)N(C5CCC(=O)NC5=O)C6=O)CC4)cc3)cc(NC3CCOCC3)c2C)c(=O)[nH]1. The van der Waals surface area contributed by atoms with Crippen molar-refractivity contribution in [2.24, 2.45) is 0 Å². The quantitative estimate of drug-likeness (QED) is 0.0655. The Labute approximate surface area is 395 Å². The van der Waals surface area contributed by atoms with E-state index < -0.39 is 29.7 Å². The number of amides is 6. The number of piperidine rings is 1. The maximum absolute atomic E-state index is 13.8. The van der Waals surface area contributed by atoms with Gasteiger partial charge in [-0.3, -0.25) is 48.7 Å². The van der Waals surface area contributed by atoms with Crippen LogP contribution in [0.1, 0.15) is 97.5 Å². The molecule has 3 saturated heterocycles. The van der Waals surface area contributed by atoms with Gasteiger partial charge in [-0.25, -0.2) is 0 Å². The van der Waals surface area contributed by atoms with Gasteiger partial charge >= 0.3 is 0 Å². The maximum atomic E-state index is 13.8. The number of pyridine rings is 1. The average Bonchev–Trinajstić information content (AvgIpc) is 3.58. The molecule has 4 aliphatic rings. The topological polar surface area (TPSA) is 214 Å². The summed E-state index contributed by atoms with van der Waals surface area (Å²) < 4.78 is 5.59. The van der Waals surface area contributed by atoms with Crippen molar-refractivity contribution in [1.29, 1.82) is 0 Å². The zero-order chi connectivity index (χ0) is 47.9. The molecule has 5 heterocycles. The van der Waals surface area contributed by atoms with Crippen molar-refractivity contribution < 1.29 is 33.5 Å². The molecule has 3 aromatic carbocycles. The van der Waals surface area contributed by atoms with Crippen molar-refractivity contribution >= 4 is 46.8 Å². The number of carbonyl (C=O) groups excluding carboxylic acids is 6. The average molecular weight is 928 g/mol. The fourth-order valence-electron chi connectivity index (χ4n) is 9.48. The number of rotatable bonds is 17. The number of anilines is 2. The largest absolute Gasteiger partial charge is 0.384 e. The van der Waals surface area contributed by atoms with Crippen molar-refractivity contribution in [2.75, 3.05) is 69.7 Å². The third-order valence-corrected chi connectivity index (χ3v) is 13.4. The summed E-state index contributed by atoms with van der Waals surface area (Å²) in [5.74, 6) is -2.33. The molecule has 8 rings (SSSR count). The molecular weight excluding hydrogens is 867 g/mol. The van der Waals surface area contributed by atoms with Gasteiger partial charge in [-0.2, -0.15) is 0 Å². The van der Waals surface area contributed by atoms with Gasteiger partial charge < -0.3 is 35.9 Å². The van der Waals surface area contributed by atoms with E-state index in [-0.39, 0.29) is 60.5 Å². The molecule has 0 bridgehead atoms. The Morgan fingerprint density at radius 1 is 0.809 bits per heavy atom. The number of ether oxygens (including phenoxy) is 1. The summed E-state index contributed by atoms with van der Waals surface area (Å²) in [7, 11) is 0. The van der Waals surface area contributed by atoms with Crippen molar-refractivity contribution in [2.45, 2.75) is 84.5 Å². The second kappa shape index (κ2) is 21.5. The van der Waals surface area contributed by atoms with Crippen molar-refractivity contribution in [1.82, 2.24) is 35.6 Å². The molecule has 0 spiro atoms. The molecule has 1 unspecified atom stereocenters. The Hall–Kier alpha value is -6.69. The first-order valence-corrected chi connectivity index (χ1v) is 23.7. The van der Waals surface area contributed by atoms with Crippen molar-refractivity contribution in [3.05, 3.63) is 116 Å². The lowest BCUT2D eigenvalue weighted by Crippen LogP contribution is -2.54. The number of hydrogen-bond donors (Lipinski definition) is 6.